The van der Waals surface area contributed by atoms with Crippen molar-refractivity contribution in [2.45, 2.75) is 59.1 Å². The Kier molecular flexibility index (Phi) is 6.42. The van der Waals surface area contributed by atoms with Crippen LogP contribution in [0.3, 0.4) is 0 Å². The van der Waals surface area contributed by atoms with Crippen LogP contribution >= 0.6 is 12.2 Å². The molecular formula is C13H24N2O3S. The predicted octanol–water partition coefficient (Wildman–Crippen LogP) is 2.19. The lowest BCUT2D eigenvalue weighted by atomic mass is 9.99. The standard InChI is InChI=1S/C13H24N2O3S/c1-9(19)7-13(5,6)15-10(16)8-14-11(17)18-12(2,3)4/h7-8H2,1-6H3,(H,14,17)(H,15,16). The SMILES string of the molecule is CC(=S)CC(C)(C)NC(=O)CNC(=O)OC(C)(C)C. The maximum absolute atomic E-state index is 11.7. The fraction of sp³-hybridized carbons (Fsp3) is 0.769. The minimum Gasteiger partial charge on any atom is -0.444 e. The van der Waals surface area contributed by atoms with Crippen molar-refractivity contribution in [2.24, 2.45) is 0 Å². The molecule has 0 aliphatic carbocycles. The maximum Gasteiger partial charge on any atom is 0.408 e. The van der Waals surface area contributed by atoms with Crippen molar-refractivity contribution >= 4 is 29.1 Å². The Bertz CT molecular complexity index is 359. The fourth-order valence-electron chi connectivity index (χ4n) is 1.55. The molecule has 5 nitrogen and oxygen atoms in total. The second-order valence-electron chi connectivity index (χ2n) is 6.17. The van der Waals surface area contributed by atoms with Crippen LogP contribution in [0.5, 0.6) is 0 Å². The summed E-state index contributed by atoms with van der Waals surface area (Å²) in [6.45, 7) is 10.8. The number of hydrogen-bond donors (Lipinski definition) is 2. The summed E-state index contributed by atoms with van der Waals surface area (Å²) in [7, 11) is 0. The predicted molar refractivity (Wildman–Crippen MR) is 79.3 cm³/mol. The van der Waals surface area contributed by atoms with Crippen molar-refractivity contribution in [2.75, 3.05) is 6.54 Å². The second-order valence-corrected chi connectivity index (χ2v) is 6.86. The van der Waals surface area contributed by atoms with E-state index in [1.165, 1.54) is 0 Å². The quantitative estimate of drug-likeness (QED) is 0.761. The molecule has 2 amide bonds. The highest BCUT2D eigenvalue weighted by Gasteiger charge is 2.22. The van der Waals surface area contributed by atoms with Crippen LogP contribution in [0.4, 0.5) is 4.79 Å². The number of nitrogens with one attached hydrogen (secondary N) is 2. The summed E-state index contributed by atoms with van der Waals surface area (Å²) in [5, 5.41) is 5.22. The van der Waals surface area contributed by atoms with Gasteiger partial charge in [-0.1, -0.05) is 12.2 Å². The lowest BCUT2D eigenvalue weighted by molar-refractivity contribution is -0.121. The van der Waals surface area contributed by atoms with Crippen LogP contribution in [0.15, 0.2) is 0 Å². The largest absolute Gasteiger partial charge is 0.444 e. The molecule has 0 saturated heterocycles. The van der Waals surface area contributed by atoms with Gasteiger partial charge >= 0.3 is 6.09 Å². The molecule has 0 aromatic rings. The highest BCUT2D eigenvalue weighted by Crippen LogP contribution is 2.09. The van der Waals surface area contributed by atoms with Gasteiger partial charge in [0.2, 0.25) is 5.91 Å². The van der Waals surface area contributed by atoms with Crippen molar-refractivity contribution in [3.8, 4) is 0 Å². The van der Waals surface area contributed by atoms with Crippen LogP contribution < -0.4 is 10.6 Å². The van der Waals surface area contributed by atoms with E-state index in [-0.39, 0.29) is 12.5 Å². The normalized spacial score (nSPS) is 11.7. The van der Waals surface area contributed by atoms with Gasteiger partial charge in [-0.3, -0.25) is 4.79 Å². The van der Waals surface area contributed by atoms with E-state index in [0.29, 0.717) is 6.42 Å². The Balaban J connectivity index is 4.13. The summed E-state index contributed by atoms with van der Waals surface area (Å²) >= 11 is 5.02. The van der Waals surface area contributed by atoms with E-state index in [0.717, 1.165) is 4.86 Å². The Morgan fingerprint density at radius 1 is 1.16 bits per heavy atom. The lowest BCUT2D eigenvalue weighted by Gasteiger charge is -2.26. The topological polar surface area (TPSA) is 67.4 Å². The zero-order valence-corrected chi connectivity index (χ0v) is 13.4. The summed E-state index contributed by atoms with van der Waals surface area (Å²) in [4.78, 5) is 23.9. The molecule has 0 radical (unpaired) electrons. The molecule has 0 unspecified atom stereocenters. The van der Waals surface area contributed by atoms with Gasteiger partial charge in [0.15, 0.2) is 0 Å². The van der Waals surface area contributed by atoms with E-state index in [2.05, 4.69) is 10.6 Å². The zero-order valence-electron chi connectivity index (χ0n) is 12.5. The van der Waals surface area contributed by atoms with Crippen molar-refractivity contribution in [3.63, 3.8) is 0 Å². The molecule has 19 heavy (non-hydrogen) atoms. The first-order valence-electron chi connectivity index (χ1n) is 6.18. The molecular weight excluding hydrogens is 264 g/mol. The average Bonchev–Trinajstić information content (AvgIpc) is 2.08. The molecule has 0 aliphatic heterocycles. The molecule has 0 spiro atoms. The minimum atomic E-state index is -0.605. The van der Waals surface area contributed by atoms with Gasteiger partial charge in [0.25, 0.3) is 0 Å². The summed E-state index contributed by atoms with van der Waals surface area (Å²) in [6.07, 6.45) is 0.00650. The van der Waals surface area contributed by atoms with Crippen LogP contribution in [0.2, 0.25) is 0 Å². The van der Waals surface area contributed by atoms with Gasteiger partial charge in [0.1, 0.15) is 12.1 Å². The molecule has 0 aromatic heterocycles. The smallest absolute Gasteiger partial charge is 0.408 e. The highest BCUT2D eigenvalue weighted by atomic mass is 32.1. The van der Waals surface area contributed by atoms with Crippen molar-refractivity contribution in [1.29, 1.82) is 0 Å². The van der Waals surface area contributed by atoms with Crippen LogP contribution in [-0.4, -0.2) is 34.5 Å². The third-order valence-corrected chi connectivity index (χ3v) is 2.11. The van der Waals surface area contributed by atoms with Crippen molar-refractivity contribution in [3.05, 3.63) is 0 Å². The molecule has 0 aliphatic rings. The molecule has 0 rings (SSSR count). The third-order valence-electron chi connectivity index (χ3n) is 1.96. The van der Waals surface area contributed by atoms with Gasteiger partial charge in [0, 0.05) is 12.0 Å². The van der Waals surface area contributed by atoms with Gasteiger partial charge in [-0.15, -0.1) is 0 Å². The molecule has 110 valence electrons. The lowest BCUT2D eigenvalue weighted by Crippen LogP contribution is -2.48. The first kappa shape index (κ1) is 17.8. The maximum atomic E-state index is 11.7. The Morgan fingerprint density at radius 2 is 1.68 bits per heavy atom. The van der Waals surface area contributed by atoms with Gasteiger partial charge in [0.05, 0.1) is 0 Å². The number of ether oxygens (including phenoxy) is 1. The number of carbonyl (C=O) groups excluding carboxylic acids is 2. The third kappa shape index (κ3) is 10.4. The number of rotatable bonds is 5. The second kappa shape index (κ2) is 6.84. The first-order chi connectivity index (χ1) is 8.41. The zero-order chi connectivity index (χ0) is 15.3. The summed E-state index contributed by atoms with van der Waals surface area (Å²) in [6, 6.07) is 0. The van der Waals surface area contributed by atoms with E-state index in [1.807, 2.05) is 20.8 Å². The molecule has 0 aromatic carbocycles. The molecule has 0 saturated carbocycles. The van der Waals surface area contributed by atoms with Crippen LogP contribution in [0.25, 0.3) is 0 Å². The minimum absolute atomic E-state index is 0.116. The molecule has 6 heteroatoms. The first-order valence-corrected chi connectivity index (χ1v) is 6.59. The Hall–Kier alpha value is -1.17. The van der Waals surface area contributed by atoms with Crippen LogP contribution in [0.1, 0.15) is 48.0 Å². The molecule has 0 heterocycles. The van der Waals surface area contributed by atoms with Gasteiger partial charge in [-0.05, 0) is 46.4 Å². The number of alkyl carbamates (subject to hydrolysis) is 1. The van der Waals surface area contributed by atoms with Crippen molar-refractivity contribution < 1.29 is 14.3 Å². The number of amides is 2. The fourth-order valence-corrected chi connectivity index (χ4v) is 1.92. The molecule has 2 N–H and O–H groups in total. The van der Waals surface area contributed by atoms with Crippen molar-refractivity contribution in [1.82, 2.24) is 10.6 Å². The van der Waals surface area contributed by atoms with Gasteiger partial charge < -0.3 is 15.4 Å². The molecule has 0 fully saturated rings. The van der Waals surface area contributed by atoms with E-state index >= 15 is 0 Å². The summed E-state index contributed by atoms with van der Waals surface area (Å²) < 4.78 is 5.03. The van der Waals surface area contributed by atoms with E-state index < -0.39 is 17.2 Å². The van der Waals surface area contributed by atoms with E-state index in [9.17, 15) is 9.59 Å². The van der Waals surface area contributed by atoms with Gasteiger partial charge in [-0.25, -0.2) is 4.79 Å². The molecule has 0 bridgehead atoms. The summed E-state index contributed by atoms with van der Waals surface area (Å²) in [5.74, 6) is -0.271. The number of carbonyl (C=O) groups is 2. The van der Waals surface area contributed by atoms with Crippen LogP contribution in [0, 0.1) is 0 Å². The van der Waals surface area contributed by atoms with Crippen LogP contribution in [-0.2, 0) is 9.53 Å². The molecule has 0 atom stereocenters. The van der Waals surface area contributed by atoms with E-state index in [4.69, 9.17) is 17.0 Å². The Morgan fingerprint density at radius 3 is 2.11 bits per heavy atom. The average molecular weight is 288 g/mol. The number of thiocarbonyl (C=S) groups is 1. The van der Waals surface area contributed by atoms with E-state index in [1.54, 1.807) is 20.8 Å². The number of hydrogen-bond acceptors (Lipinski definition) is 4. The highest BCUT2D eigenvalue weighted by molar-refractivity contribution is 7.80. The monoisotopic (exact) mass is 288 g/mol. The van der Waals surface area contributed by atoms with Gasteiger partial charge in [-0.2, -0.15) is 0 Å². The summed E-state index contributed by atoms with van der Waals surface area (Å²) in [5.41, 5.74) is -0.993. The Labute approximate surface area is 120 Å².